The summed E-state index contributed by atoms with van der Waals surface area (Å²) < 4.78 is 12.7. The van der Waals surface area contributed by atoms with Crippen molar-refractivity contribution in [3.05, 3.63) is 78.2 Å². The number of ether oxygens (including phenoxy) is 1. The molecule has 0 radical (unpaired) electrons. The number of hydrogen-bond donors (Lipinski definition) is 1. The van der Waals surface area contributed by atoms with Gasteiger partial charge < -0.3 is 14.9 Å². The molecule has 0 aliphatic heterocycles. The minimum Gasteiger partial charge on any atom is -0.497 e. The van der Waals surface area contributed by atoms with Gasteiger partial charge in [0.2, 0.25) is 5.95 Å². The predicted octanol–water partition coefficient (Wildman–Crippen LogP) is 4.59. The average molecular weight is 372 g/mol. The molecular weight excluding hydrogens is 352 g/mol. The molecule has 2 aromatic heterocycles. The van der Waals surface area contributed by atoms with Crippen LogP contribution in [0.4, 0.5) is 5.95 Å². The summed E-state index contributed by atoms with van der Waals surface area (Å²) >= 11 is 0. The van der Waals surface area contributed by atoms with Crippen LogP contribution in [0, 0.1) is 6.92 Å². The number of benzene rings is 2. The number of furan rings is 1. The smallest absolute Gasteiger partial charge is 0.221 e. The highest BCUT2D eigenvalue weighted by Gasteiger charge is 2.09. The lowest BCUT2D eigenvalue weighted by Crippen LogP contribution is -1.99. The molecule has 0 unspecified atom stereocenters. The molecule has 0 saturated heterocycles. The summed E-state index contributed by atoms with van der Waals surface area (Å²) in [6.45, 7) is 2.05. The maximum absolute atomic E-state index is 5.99. The van der Waals surface area contributed by atoms with Crippen molar-refractivity contribution >= 4 is 12.2 Å². The zero-order valence-corrected chi connectivity index (χ0v) is 15.7. The maximum atomic E-state index is 5.99. The van der Waals surface area contributed by atoms with E-state index in [0.717, 1.165) is 28.3 Å². The fourth-order valence-electron chi connectivity index (χ4n) is 2.85. The molecule has 0 amide bonds. The second-order valence-corrected chi connectivity index (χ2v) is 6.35. The van der Waals surface area contributed by atoms with E-state index in [9.17, 15) is 0 Å². The van der Waals surface area contributed by atoms with Gasteiger partial charge in [-0.25, -0.2) is 4.98 Å². The Morgan fingerprint density at radius 3 is 2.43 bits per heavy atom. The van der Waals surface area contributed by atoms with Crippen LogP contribution in [-0.4, -0.2) is 23.0 Å². The lowest BCUT2D eigenvalue weighted by atomic mass is 10.1. The summed E-state index contributed by atoms with van der Waals surface area (Å²) in [5.41, 5.74) is 9.95. The van der Waals surface area contributed by atoms with Gasteiger partial charge in [0.25, 0.3) is 0 Å². The summed E-state index contributed by atoms with van der Waals surface area (Å²) in [5.74, 6) is 2.49. The van der Waals surface area contributed by atoms with Crippen LogP contribution in [0.25, 0.3) is 22.6 Å². The highest BCUT2D eigenvalue weighted by atomic mass is 16.5. The van der Waals surface area contributed by atoms with Gasteiger partial charge in [-0.1, -0.05) is 29.8 Å². The number of aryl methyl sites for hydroxylation is 1. The maximum Gasteiger partial charge on any atom is 0.221 e. The number of nitrogens with zero attached hydrogens (tertiary/aromatic N) is 3. The average Bonchev–Trinajstić information content (AvgIpc) is 3.34. The van der Waals surface area contributed by atoms with Crippen LogP contribution in [0.3, 0.4) is 0 Å². The molecule has 140 valence electrons. The van der Waals surface area contributed by atoms with Crippen molar-refractivity contribution in [3.8, 4) is 28.3 Å². The fraction of sp³-hybridized carbons (Fsp3) is 0.0909. The van der Waals surface area contributed by atoms with Gasteiger partial charge >= 0.3 is 0 Å². The van der Waals surface area contributed by atoms with E-state index < -0.39 is 0 Å². The van der Waals surface area contributed by atoms with E-state index in [-0.39, 0.29) is 0 Å². The first-order valence-electron chi connectivity index (χ1n) is 8.83. The van der Waals surface area contributed by atoms with Crippen molar-refractivity contribution in [2.45, 2.75) is 6.92 Å². The molecule has 2 N–H and O–H groups in total. The van der Waals surface area contributed by atoms with Crippen molar-refractivity contribution in [1.29, 1.82) is 0 Å². The number of aromatic nitrogens is 2. The molecule has 28 heavy (non-hydrogen) atoms. The van der Waals surface area contributed by atoms with Gasteiger partial charge in [-0.05, 0) is 43.3 Å². The van der Waals surface area contributed by atoms with Gasteiger partial charge in [-0.2, -0.15) is 9.78 Å². The highest BCUT2D eigenvalue weighted by Crippen LogP contribution is 2.25. The Labute approximate surface area is 162 Å². The van der Waals surface area contributed by atoms with Crippen molar-refractivity contribution in [2.75, 3.05) is 12.8 Å². The van der Waals surface area contributed by atoms with Crippen LogP contribution in [0.5, 0.6) is 5.75 Å². The molecule has 0 aliphatic rings. The topological polar surface area (TPSA) is 78.6 Å². The lowest BCUT2D eigenvalue weighted by Gasteiger charge is -2.04. The zero-order valence-electron chi connectivity index (χ0n) is 15.7. The lowest BCUT2D eigenvalue weighted by molar-refractivity contribution is 0.415. The van der Waals surface area contributed by atoms with E-state index in [1.807, 2.05) is 67.6 Å². The normalized spacial score (nSPS) is 11.2. The van der Waals surface area contributed by atoms with E-state index in [1.165, 1.54) is 5.56 Å². The number of nitrogen functional groups attached to an aromatic ring is 1. The zero-order chi connectivity index (χ0) is 19.5. The largest absolute Gasteiger partial charge is 0.497 e. The summed E-state index contributed by atoms with van der Waals surface area (Å²) in [6.07, 6.45) is 3.34. The first kappa shape index (κ1) is 17.6. The molecule has 0 saturated carbocycles. The molecule has 2 aromatic carbocycles. The Balaban J connectivity index is 1.59. The van der Waals surface area contributed by atoms with Crippen LogP contribution >= 0.6 is 0 Å². The summed E-state index contributed by atoms with van der Waals surface area (Å²) in [7, 11) is 1.64. The van der Waals surface area contributed by atoms with Gasteiger partial charge in [-0.3, -0.25) is 0 Å². The summed E-state index contributed by atoms with van der Waals surface area (Å²) in [4.78, 5) is 4.18. The van der Waals surface area contributed by atoms with E-state index in [0.29, 0.717) is 11.7 Å². The number of hydrogen-bond acceptors (Lipinski definition) is 5. The first-order chi connectivity index (χ1) is 13.6. The molecule has 4 rings (SSSR count). The van der Waals surface area contributed by atoms with E-state index in [4.69, 9.17) is 14.9 Å². The standard InChI is InChI=1S/C22H20N4O2/c1-15-3-5-16(6-4-15)20-14-24-22(23)26(20)25-13-19-11-12-21(28-19)17-7-9-18(27-2)10-8-17/h3-14H,1-2H3,(H2,23,24). The third-order valence-corrected chi connectivity index (χ3v) is 4.41. The molecule has 0 spiro atoms. The number of rotatable bonds is 5. The monoisotopic (exact) mass is 372 g/mol. The Morgan fingerprint density at radius 2 is 1.71 bits per heavy atom. The summed E-state index contributed by atoms with van der Waals surface area (Å²) in [5, 5.41) is 4.46. The molecule has 6 nitrogen and oxygen atoms in total. The van der Waals surface area contributed by atoms with E-state index in [2.05, 4.69) is 10.1 Å². The van der Waals surface area contributed by atoms with Crippen molar-refractivity contribution in [2.24, 2.45) is 5.10 Å². The molecule has 0 fully saturated rings. The third kappa shape index (κ3) is 3.53. The molecule has 0 bridgehead atoms. The molecule has 0 atom stereocenters. The Kier molecular flexibility index (Phi) is 4.68. The van der Waals surface area contributed by atoms with Crippen molar-refractivity contribution in [1.82, 2.24) is 9.66 Å². The van der Waals surface area contributed by atoms with Gasteiger partial charge in [0.05, 0.1) is 25.2 Å². The Bertz CT molecular complexity index is 1110. The second kappa shape index (κ2) is 7.44. The van der Waals surface area contributed by atoms with E-state index >= 15 is 0 Å². The number of imidazole rings is 1. The molecule has 2 heterocycles. The van der Waals surface area contributed by atoms with Crippen LogP contribution in [-0.2, 0) is 0 Å². The van der Waals surface area contributed by atoms with Crippen molar-refractivity contribution in [3.63, 3.8) is 0 Å². The second-order valence-electron chi connectivity index (χ2n) is 6.35. The van der Waals surface area contributed by atoms with Crippen molar-refractivity contribution < 1.29 is 9.15 Å². The minimum absolute atomic E-state index is 0.314. The Hall–Kier alpha value is -3.80. The van der Waals surface area contributed by atoms with Crippen LogP contribution in [0.15, 0.2) is 76.4 Å². The number of anilines is 1. The number of methoxy groups -OCH3 is 1. The fourth-order valence-corrected chi connectivity index (χ4v) is 2.85. The first-order valence-corrected chi connectivity index (χ1v) is 8.83. The van der Waals surface area contributed by atoms with Gasteiger partial charge in [0.1, 0.15) is 17.3 Å². The molecule has 6 heteroatoms. The number of nitrogens with two attached hydrogens (primary N) is 1. The minimum atomic E-state index is 0.314. The van der Waals surface area contributed by atoms with Crippen LogP contribution in [0.2, 0.25) is 0 Å². The molecule has 0 aliphatic carbocycles. The van der Waals surface area contributed by atoms with Crippen LogP contribution < -0.4 is 10.5 Å². The Morgan fingerprint density at radius 1 is 1.00 bits per heavy atom. The SMILES string of the molecule is COc1ccc(-c2ccc(C=Nn3c(-c4ccc(C)cc4)cnc3N)o2)cc1. The molecular formula is C22H20N4O2. The summed E-state index contributed by atoms with van der Waals surface area (Å²) in [6, 6.07) is 19.6. The predicted molar refractivity (Wildman–Crippen MR) is 111 cm³/mol. The molecule has 4 aromatic rings. The highest BCUT2D eigenvalue weighted by molar-refractivity contribution is 5.78. The quantitative estimate of drug-likeness (QED) is 0.520. The van der Waals surface area contributed by atoms with Gasteiger partial charge in [0, 0.05) is 11.1 Å². The van der Waals surface area contributed by atoms with Crippen LogP contribution in [0.1, 0.15) is 11.3 Å². The van der Waals surface area contributed by atoms with Gasteiger partial charge in [0.15, 0.2) is 0 Å². The van der Waals surface area contributed by atoms with Gasteiger partial charge in [-0.15, -0.1) is 0 Å². The van der Waals surface area contributed by atoms with E-state index in [1.54, 1.807) is 24.2 Å². The third-order valence-electron chi connectivity index (χ3n) is 4.41.